The van der Waals surface area contributed by atoms with Gasteiger partial charge in [0.25, 0.3) is 0 Å². The minimum absolute atomic E-state index is 0.783. The maximum atomic E-state index is 6.11. The molecule has 1 aliphatic heterocycles. The van der Waals surface area contributed by atoms with Crippen molar-refractivity contribution in [2.45, 2.75) is 39.8 Å². The number of rotatable bonds is 3. The summed E-state index contributed by atoms with van der Waals surface area (Å²) in [6, 6.07) is 5.96. The summed E-state index contributed by atoms with van der Waals surface area (Å²) in [5.41, 5.74) is 2.21. The molecule has 0 N–H and O–H groups in total. The average molecular weight is 292 g/mol. The van der Waals surface area contributed by atoms with Gasteiger partial charge in [0.15, 0.2) is 0 Å². The van der Waals surface area contributed by atoms with Crippen molar-refractivity contribution >= 4 is 22.6 Å². The topological polar surface area (TPSA) is 21.1 Å². The Bertz CT molecular complexity index is 597. The minimum Gasteiger partial charge on any atom is -0.327 e. The fraction of sp³-hybridized carbons (Fsp3) is 0.562. The van der Waals surface area contributed by atoms with E-state index in [4.69, 9.17) is 16.6 Å². The van der Waals surface area contributed by atoms with E-state index in [0.717, 1.165) is 35.1 Å². The highest BCUT2D eigenvalue weighted by molar-refractivity contribution is 6.31. The van der Waals surface area contributed by atoms with Crippen LogP contribution >= 0.6 is 11.6 Å². The second-order valence-corrected chi connectivity index (χ2v) is 6.30. The van der Waals surface area contributed by atoms with Crippen LogP contribution in [0.2, 0.25) is 5.02 Å². The standard InChI is InChI=1S/C16H22ClN3/c1-3-20-15-10-13(17)4-5-14(15)18-16(20)11-19-8-6-12(2)7-9-19/h4-5,10,12H,3,6-9,11H2,1-2H3. The van der Waals surface area contributed by atoms with Gasteiger partial charge in [0.2, 0.25) is 0 Å². The third-order valence-corrected chi connectivity index (χ3v) is 4.58. The molecule has 20 heavy (non-hydrogen) atoms. The van der Waals surface area contributed by atoms with E-state index in [2.05, 4.69) is 23.3 Å². The monoisotopic (exact) mass is 291 g/mol. The van der Waals surface area contributed by atoms with Crippen LogP contribution in [-0.2, 0) is 13.1 Å². The van der Waals surface area contributed by atoms with Crippen molar-refractivity contribution in [3.8, 4) is 0 Å². The zero-order chi connectivity index (χ0) is 14.1. The van der Waals surface area contributed by atoms with E-state index in [0.29, 0.717) is 0 Å². The molecule has 0 atom stereocenters. The number of hydrogen-bond acceptors (Lipinski definition) is 2. The number of hydrogen-bond donors (Lipinski definition) is 0. The van der Waals surface area contributed by atoms with Gasteiger partial charge in [-0.2, -0.15) is 0 Å². The first-order valence-electron chi connectivity index (χ1n) is 7.54. The number of benzene rings is 1. The van der Waals surface area contributed by atoms with Crippen LogP contribution in [-0.4, -0.2) is 27.5 Å². The number of piperidine rings is 1. The number of likely N-dealkylation sites (tertiary alicyclic amines) is 1. The van der Waals surface area contributed by atoms with Crippen molar-refractivity contribution in [1.29, 1.82) is 0 Å². The maximum absolute atomic E-state index is 6.11. The number of nitrogens with zero attached hydrogens (tertiary/aromatic N) is 3. The first-order chi connectivity index (χ1) is 9.67. The predicted octanol–water partition coefficient (Wildman–Crippen LogP) is 3.94. The van der Waals surface area contributed by atoms with Crippen LogP contribution in [0.5, 0.6) is 0 Å². The molecule has 1 aromatic carbocycles. The maximum Gasteiger partial charge on any atom is 0.124 e. The number of halogens is 1. The van der Waals surface area contributed by atoms with Crippen molar-refractivity contribution in [3.05, 3.63) is 29.0 Å². The van der Waals surface area contributed by atoms with Crippen LogP contribution < -0.4 is 0 Å². The molecular formula is C16H22ClN3. The molecule has 1 saturated heterocycles. The van der Waals surface area contributed by atoms with E-state index < -0.39 is 0 Å². The van der Waals surface area contributed by atoms with E-state index >= 15 is 0 Å². The lowest BCUT2D eigenvalue weighted by Gasteiger charge is -2.29. The molecule has 0 unspecified atom stereocenters. The molecule has 0 radical (unpaired) electrons. The van der Waals surface area contributed by atoms with Crippen molar-refractivity contribution < 1.29 is 0 Å². The molecule has 4 heteroatoms. The van der Waals surface area contributed by atoms with Gasteiger partial charge in [0.05, 0.1) is 17.6 Å². The second-order valence-electron chi connectivity index (χ2n) is 5.86. The van der Waals surface area contributed by atoms with Crippen LogP contribution in [0.15, 0.2) is 18.2 Å². The average Bonchev–Trinajstić information content (AvgIpc) is 2.78. The molecule has 108 valence electrons. The summed E-state index contributed by atoms with van der Waals surface area (Å²) in [4.78, 5) is 7.32. The van der Waals surface area contributed by atoms with Gasteiger partial charge < -0.3 is 4.57 Å². The van der Waals surface area contributed by atoms with Crippen molar-refractivity contribution in [3.63, 3.8) is 0 Å². The minimum atomic E-state index is 0.783. The predicted molar refractivity (Wildman–Crippen MR) is 84.1 cm³/mol. The molecule has 2 aromatic rings. The van der Waals surface area contributed by atoms with Gasteiger partial charge in [-0.3, -0.25) is 4.90 Å². The summed E-state index contributed by atoms with van der Waals surface area (Å²) in [6.45, 7) is 8.79. The lowest BCUT2D eigenvalue weighted by Crippen LogP contribution is -2.33. The summed E-state index contributed by atoms with van der Waals surface area (Å²) in [7, 11) is 0. The Labute approximate surface area is 125 Å². The van der Waals surface area contributed by atoms with Gasteiger partial charge >= 0.3 is 0 Å². The second kappa shape index (κ2) is 5.74. The number of imidazole rings is 1. The molecule has 1 aliphatic rings. The Morgan fingerprint density at radius 3 is 2.75 bits per heavy atom. The quantitative estimate of drug-likeness (QED) is 0.854. The normalized spacial score (nSPS) is 17.9. The van der Waals surface area contributed by atoms with Crippen LogP contribution in [0.25, 0.3) is 11.0 Å². The van der Waals surface area contributed by atoms with Crippen LogP contribution in [0.4, 0.5) is 0 Å². The molecule has 0 saturated carbocycles. The molecule has 1 aromatic heterocycles. The van der Waals surface area contributed by atoms with Crippen molar-refractivity contribution in [2.24, 2.45) is 5.92 Å². The molecule has 2 heterocycles. The zero-order valence-corrected chi connectivity index (χ0v) is 13.0. The van der Waals surface area contributed by atoms with Gasteiger partial charge in [-0.25, -0.2) is 4.98 Å². The van der Waals surface area contributed by atoms with E-state index in [9.17, 15) is 0 Å². The van der Waals surface area contributed by atoms with Crippen LogP contribution in [0, 0.1) is 5.92 Å². The fourth-order valence-electron chi connectivity index (χ4n) is 3.04. The molecule has 3 rings (SSSR count). The van der Waals surface area contributed by atoms with E-state index in [-0.39, 0.29) is 0 Å². The highest BCUT2D eigenvalue weighted by Crippen LogP contribution is 2.23. The van der Waals surface area contributed by atoms with Gasteiger partial charge in [0.1, 0.15) is 5.82 Å². The third-order valence-electron chi connectivity index (χ3n) is 4.35. The lowest BCUT2D eigenvalue weighted by molar-refractivity contribution is 0.180. The van der Waals surface area contributed by atoms with Crippen LogP contribution in [0.3, 0.4) is 0 Å². The Morgan fingerprint density at radius 1 is 1.30 bits per heavy atom. The molecule has 0 bridgehead atoms. The molecule has 0 aliphatic carbocycles. The third kappa shape index (κ3) is 2.70. The Morgan fingerprint density at radius 2 is 2.05 bits per heavy atom. The summed E-state index contributed by atoms with van der Waals surface area (Å²) in [5.74, 6) is 2.04. The largest absolute Gasteiger partial charge is 0.327 e. The first-order valence-corrected chi connectivity index (χ1v) is 7.92. The first kappa shape index (κ1) is 13.9. The summed E-state index contributed by atoms with van der Waals surface area (Å²) >= 11 is 6.11. The van der Waals surface area contributed by atoms with Crippen molar-refractivity contribution in [1.82, 2.24) is 14.5 Å². The van der Waals surface area contributed by atoms with Crippen molar-refractivity contribution in [2.75, 3.05) is 13.1 Å². The highest BCUT2D eigenvalue weighted by Gasteiger charge is 2.18. The Balaban J connectivity index is 1.87. The van der Waals surface area contributed by atoms with Gasteiger partial charge in [-0.05, 0) is 57.0 Å². The molecule has 0 amide bonds. The molecule has 3 nitrogen and oxygen atoms in total. The zero-order valence-electron chi connectivity index (χ0n) is 12.3. The number of aryl methyl sites for hydroxylation is 1. The number of fused-ring (bicyclic) bond motifs is 1. The van der Waals surface area contributed by atoms with E-state index in [1.165, 1.54) is 31.8 Å². The SMILES string of the molecule is CCn1c(CN2CCC(C)CC2)nc2ccc(Cl)cc21. The summed E-state index contributed by atoms with van der Waals surface area (Å²) in [5, 5.41) is 0.783. The summed E-state index contributed by atoms with van der Waals surface area (Å²) < 4.78 is 2.29. The summed E-state index contributed by atoms with van der Waals surface area (Å²) in [6.07, 6.45) is 2.61. The lowest BCUT2D eigenvalue weighted by atomic mass is 9.99. The molecular weight excluding hydrogens is 270 g/mol. The Hall–Kier alpha value is -1.06. The molecule has 1 fully saturated rings. The van der Waals surface area contributed by atoms with Gasteiger partial charge in [0, 0.05) is 11.6 Å². The fourth-order valence-corrected chi connectivity index (χ4v) is 3.21. The number of aromatic nitrogens is 2. The van der Waals surface area contributed by atoms with E-state index in [1.54, 1.807) is 0 Å². The van der Waals surface area contributed by atoms with Gasteiger partial charge in [-0.1, -0.05) is 18.5 Å². The Kier molecular flexibility index (Phi) is 3.99. The highest BCUT2D eigenvalue weighted by atomic mass is 35.5. The smallest absolute Gasteiger partial charge is 0.124 e. The molecule has 0 spiro atoms. The van der Waals surface area contributed by atoms with E-state index in [1.807, 2.05) is 18.2 Å². The van der Waals surface area contributed by atoms with Crippen LogP contribution in [0.1, 0.15) is 32.5 Å². The van der Waals surface area contributed by atoms with Gasteiger partial charge in [-0.15, -0.1) is 0 Å².